The van der Waals surface area contributed by atoms with Crippen molar-refractivity contribution >= 4 is 23.6 Å². The molecule has 6 N–H and O–H groups in total. The maximum atomic E-state index is 13.9. The minimum Gasteiger partial charge on any atom is -0.388 e. The number of benzene rings is 2. The third-order valence-corrected chi connectivity index (χ3v) is 9.09. The van der Waals surface area contributed by atoms with Crippen molar-refractivity contribution in [2.45, 2.75) is 89.8 Å². The van der Waals surface area contributed by atoms with Gasteiger partial charge in [-0.1, -0.05) is 100 Å². The Bertz CT molecular complexity index is 1630. The molecule has 0 bridgehead atoms. The van der Waals surface area contributed by atoms with E-state index in [9.17, 15) is 29.4 Å². The third-order valence-electron chi connectivity index (χ3n) is 9.09. The lowest BCUT2D eigenvalue weighted by Gasteiger charge is -2.35. The monoisotopic (exact) mass is 736 g/mol. The number of aliphatic hydroxyl groups is 2. The summed E-state index contributed by atoms with van der Waals surface area (Å²) >= 11 is 0. The van der Waals surface area contributed by atoms with Crippen molar-refractivity contribution in [2.24, 2.45) is 11.8 Å². The lowest BCUT2D eigenvalue weighted by atomic mass is 9.90. The summed E-state index contributed by atoms with van der Waals surface area (Å²) in [5.74, 6) is -2.48. The van der Waals surface area contributed by atoms with Gasteiger partial charge in [-0.05, 0) is 60.1 Å². The van der Waals surface area contributed by atoms with Crippen molar-refractivity contribution < 1.29 is 29.4 Å². The van der Waals surface area contributed by atoms with Crippen LogP contribution < -0.4 is 21.3 Å². The van der Waals surface area contributed by atoms with Crippen molar-refractivity contribution in [2.75, 3.05) is 0 Å². The fourth-order valence-electron chi connectivity index (χ4n) is 6.12. The quantitative estimate of drug-likeness (QED) is 0.0850. The smallest absolute Gasteiger partial charge is 0.243 e. The van der Waals surface area contributed by atoms with E-state index in [-0.39, 0.29) is 49.3 Å². The van der Waals surface area contributed by atoms with Crippen molar-refractivity contribution in [1.82, 2.24) is 31.2 Å². The van der Waals surface area contributed by atoms with Crippen LogP contribution in [0.15, 0.2) is 109 Å². The first-order chi connectivity index (χ1) is 25.9. The molecule has 0 spiro atoms. The van der Waals surface area contributed by atoms with Crippen molar-refractivity contribution in [1.29, 1.82) is 0 Å². The number of aliphatic hydroxyl groups excluding tert-OH is 2. The standard InChI is InChI=1S/C42H52N6O6/c1-27(2)37(47-35(49)25-31-19-11-13-21-43-31)41(53)45-33(23-29-15-7-5-8-16-29)39(51)40(52)34(24-30-17-9-6-10-18-30)46-42(54)38(28(3)4)48-36(50)26-32-20-12-14-22-44-32/h5-22,27-28,33-34,37-40,51-52H,23-26H2,1-4H3,(H,45,53)(H,46,54)(H,47,49)(H,48,50)/t33-,34-,37-,38-,39?,40?/m0/s1. The molecule has 4 aromatic rings. The highest BCUT2D eigenvalue weighted by molar-refractivity contribution is 5.89. The number of nitrogens with zero attached hydrogens (tertiary/aromatic N) is 2. The Hall–Kier alpha value is -5.46. The van der Waals surface area contributed by atoms with Crippen LogP contribution in [0.1, 0.15) is 50.2 Å². The van der Waals surface area contributed by atoms with Crippen LogP contribution in [0.4, 0.5) is 0 Å². The number of aromatic nitrogens is 2. The van der Waals surface area contributed by atoms with Crippen molar-refractivity contribution in [3.63, 3.8) is 0 Å². The SMILES string of the molecule is CC(C)[C@H](NC(=O)Cc1ccccn1)C(=O)N[C@@H](Cc1ccccc1)C(O)C(O)[C@H](Cc1ccccc1)NC(=O)[C@@H](NC(=O)Cc1ccccn1)C(C)C. The molecule has 12 nitrogen and oxygen atoms in total. The lowest BCUT2D eigenvalue weighted by Crippen LogP contribution is -2.61. The highest BCUT2D eigenvalue weighted by Crippen LogP contribution is 2.17. The molecule has 286 valence electrons. The summed E-state index contributed by atoms with van der Waals surface area (Å²) in [7, 11) is 0. The zero-order valence-electron chi connectivity index (χ0n) is 31.3. The Morgan fingerprint density at radius 2 is 0.870 bits per heavy atom. The molecule has 0 aliphatic heterocycles. The van der Waals surface area contributed by atoms with E-state index in [0.717, 1.165) is 11.1 Å². The maximum Gasteiger partial charge on any atom is 0.243 e. The van der Waals surface area contributed by atoms with Gasteiger partial charge < -0.3 is 31.5 Å². The molecule has 0 aliphatic carbocycles. The van der Waals surface area contributed by atoms with Crippen LogP contribution in [0.5, 0.6) is 0 Å². The molecule has 0 fully saturated rings. The Kier molecular flexibility index (Phi) is 15.8. The summed E-state index contributed by atoms with van der Waals surface area (Å²) in [4.78, 5) is 62.1. The normalized spacial score (nSPS) is 14.6. The van der Waals surface area contributed by atoms with E-state index in [4.69, 9.17) is 0 Å². The van der Waals surface area contributed by atoms with Crippen LogP contribution in [0.25, 0.3) is 0 Å². The Balaban J connectivity index is 1.56. The van der Waals surface area contributed by atoms with Gasteiger partial charge in [0.05, 0.1) is 24.9 Å². The van der Waals surface area contributed by atoms with E-state index < -0.39 is 48.2 Å². The fraction of sp³-hybridized carbons (Fsp3) is 0.381. The summed E-state index contributed by atoms with van der Waals surface area (Å²) in [5, 5.41) is 35.3. The molecule has 4 amide bonds. The first-order valence-corrected chi connectivity index (χ1v) is 18.3. The predicted octanol–water partition coefficient (Wildman–Crippen LogP) is 2.72. The van der Waals surface area contributed by atoms with Crippen LogP contribution in [0, 0.1) is 11.8 Å². The van der Waals surface area contributed by atoms with Gasteiger partial charge in [-0.2, -0.15) is 0 Å². The van der Waals surface area contributed by atoms with E-state index in [1.807, 2.05) is 60.7 Å². The Labute approximate surface area is 317 Å². The topological polar surface area (TPSA) is 183 Å². The van der Waals surface area contributed by atoms with E-state index >= 15 is 0 Å². The van der Waals surface area contributed by atoms with Gasteiger partial charge in [0.15, 0.2) is 0 Å². The summed E-state index contributed by atoms with van der Waals surface area (Å²) in [5.41, 5.74) is 2.68. The second kappa shape index (κ2) is 20.7. The molecule has 6 atom stereocenters. The average molecular weight is 737 g/mol. The van der Waals surface area contributed by atoms with Gasteiger partial charge in [0.25, 0.3) is 0 Å². The second-order valence-corrected chi connectivity index (χ2v) is 14.2. The minimum absolute atomic E-state index is 0.0199. The highest BCUT2D eigenvalue weighted by atomic mass is 16.3. The zero-order valence-corrected chi connectivity index (χ0v) is 31.3. The second-order valence-electron chi connectivity index (χ2n) is 14.2. The molecule has 2 aromatic heterocycles. The van der Waals surface area contributed by atoms with Crippen LogP contribution in [0.3, 0.4) is 0 Å². The van der Waals surface area contributed by atoms with E-state index in [1.165, 1.54) is 0 Å². The lowest BCUT2D eigenvalue weighted by molar-refractivity contribution is -0.132. The molecule has 2 heterocycles. The molecule has 2 aromatic carbocycles. The summed E-state index contributed by atoms with van der Waals surface area (Å²) in [6.45, 7) is 7.20. The van der Waals surface area contributed by atoms with Gasteiger partial charge >= 0.3 is 0 Å². The van der Waals surface area contributed by atoms with E-state index in [2.05, 4.69) is 31.2 Å². The number of hydrogen-bond donors (Lipinski definition) is 6. The highest BCUT2D eigenvalue weighted by Gasteiger charge is 2.37. The molecular weight excluding hydrogens is 684 g/mol. The zero-order chi connectivity index (χ0) is 39.0. The van der Waals surface area contributed by atoms with Crippen molar-refractivity contribution in [3.05, 3.63) is 132 Å². The van der Waals surface area contributed by atoms with Crippen molar-refractivity contribution in [3.8, 4) is 0 Å². The number of carbonyl (C=O) groups is 4. The number of carbonyl (C=O) groups excluding carboxylic acids is 4. The van der Waals surface area contributed by atoms with Gasteiger partial charge in [-0.15, -0.1) is 0 Å². The molecule has 4 rings (SSSR count). The Morgan fingerprint density at radius 1 is 0.519 bits per heavy atom. The molecule has 2 unspecified atom stereocenters. The van der Waals surface area contributed by atoms with Gasteiger partial charge in [0.1, 0.15) is 24.3 Å². The first-order valence-electron chi connectivity index (χ1n) is 18.3. The molecule has 12 heteroatoms. The molecular formula is C42H52N6O6. The number of nitrogens with one attached hydrogen (secondary N) is 4. The summed E-state index contributed by atoms with van der Waals surface area (Å²) in [6.07, 6.45) is 0.275. The van der Waals surface area contributed by atoms with Gasteiger partial charge in [-0.3, -0.25) is 29.1 Å². The number of rotatable bonds is 19. The minimum atomic E-state index is -1.57. The molecule has 0 saturated carbocycles. The van der Waals surface area contributed by atoms with Crippen LogP contribution >= 0.6 is 0 Å². The van der Waals surface area contributed by atoms with Crippen LogP contribution in [-0.4, -0.2) is 80.2 Å². The number of hydrogen-bond acceptors (Lipinski definition) is 8. The van der Waals surface area contributed by atoms with Gasteiger partial charge in [0.2, 0.25) is 23.6 Å². The summed E-state index contributed by atoms with van der Waals surface area (Å²) < 4.78 is 0. The molecule has 0 saturated heterocycles. The van der Waals surface area contributed by atoms with E-state index in [0.29, 0.717) is 11.4 Å². The molecule has 0 radical (unpaired) electrons. The fourth-order valence-corrected chi connectivity index (χ4v) is 6.12. The molecule has 54 heavy (non-hydrogen) atoms. The van der Waals surface area contributed by atoms with Crippen LogP contribution in [0.2, 0.25) is 0 Å². The predicted molar refractivity (Wildman–Crippen MR) is 206 cm³/mol. The van der Waals surface area contributed by atoms with Crippen LogP contribution in [-0.2, 0) is 44.9 Å². The largest absolute Gasteiger partial charge is 0.388 e. The van der Waals surface area contributed by atoms with Gasteiger partial charge in [-0.25, -0.2) is 0 Å². The Morgan fingerprint density at radius 3 is 1.19 bits per heavy atom. The first kappa shape index (κ1) is 41.3. The summed E-state index contributed by atoms with van der Waals surface area (Å²) in [6, 6.07) is 24.9. The number of amides is 4. The number of pyridine rings is 2. The van der Waals surface area contributed by atoms with Gasteiger partial charge in [0, 0.05) is 23.8 Å². The average Bonchev–Trinajstić information content (AvgIpc) is 3.16. The maximum absolute atomic E-state index is 13.9. The van der Waals surface area contributed by atoms with E-state index in [1.54, 1.807) is 76.5 Å². The third kappa shape index (κ3) is 12.9. The molecule has 0 aliphatic rings.